The molecule has 92 valence electrons. The first-order valence-corrected chi connectivity index (χ1v) is 6.41. The lowest BCUT2D eigenvalue weighted by molar-refractivity contribution is -0.136. The van der Waals surface area contributed by atoms with Crippen molar-refractivity contribution in [1.82, 2.24) is 10.6 Å². The van der Waals surface area contributed by atoms with Crippen LogP contribution < -0.4 is 10.6 Å². The molecule has 0 aromatic carbocycles. The van der Waals surface area contributed by atoms with Crippen LogP contribution in [0, 0.1) is 0 Å². The van der Waals surface area contributed by atoms with E-state index in [0.29, 0.717) is 12.1 Å². The molecule has 3 atom stereocenters. The van der Waals surface area contributed by atoms with E-state index in [1.807, 2.05) is 0 Å². The fourth-order valence-electron chi connectivity index (χ4n) is 2.50. The highest BCUT2D eigenvalue weighted by Crippen LogP contribution is 2.14. The molecule has 4 heteroatoms. The van der Waals surface area contributed by atoms with E-state index in [0.717, 1.165) is 45.3 Å². The van der Waals surface area contributed by atoms with E-state index in [4.69, 9.17) is 4.74 Å². The van der Waals surface area contributed by atoms with Crippen molar-refractivity contribution < 1.29 is 9.53 Å². The number of carbonyl (C=O) groups excluding carboxylic acids is 1. The van der Waals surface area contributed by atoms with Crippen molar-refractivity contribution in [2.45, 2.75) is 57.2 Å². The fraction of sp³-hybridized carbons (Fsp3) is 0.917. The second-order valence-electron chi connectivity index (χ2n) is 4.94. The minimum atomic E-state index is -0.195. The predicted molar refractivity (Wildman–Crippen MR) is 62.2 cm³/mol. The monoisotopic (exact) mass is 226 g/mol. The summed E-state index contributed by atoms with van der Waals surface area (Å²) < 4.78 is 5.48. The van der Waals surface area contributed by atoms with Gasteiger partial charge in [-0.15, -0.1) is 0 Å². The summed E-state index contributed by atoms with van der Waals surface area (Å²) in [6.45, 7) is 3.90. The van der Waals surface area contributed by atoms with Crippen LogP contribution in [0.5, 0.6) is 0 Å². The van der Waals surface area contributed by atoms with Crippen LogP contribution in [-0.4, -0.2) is 37.2 Å². The average Bonchev–Trinajstić information content (AvgIpc) is 2.30. The van der Waals surface area contributed by atoms with Crippen molar-refractivity contribution in [3.8, 4) is 0 Å². The lowest BCUT2D eigenvalue weighted by Gasteiger charge is -2.30. The Hall–Kier alpha value is -0.610. The van der Waals surface area contributed by atoms with E-state index < -0.39 is 0 Å². The molecule has 2 heterocycles. The first-order valence-electron chi connectivity index (χ1n) is 6.41. The first kappa shape index (κ1) is 11.9. The first-order chi connectivity index (χ1) is 7.75. The van der Waals surface area contributed by atoms with E-state index >= 15 is 0 Å². The molecular formula is C12H22N2O2. The van der Waals surface area contributed by atoms with Crippen molar-refractivity contribution in [3.63, 3.8) is 0 Å². The average molecular weight is 226 g/mol. The van der Waals surface area contributed by atoms with Crippen LogP contribution in [-0.2, 0) is 9.53 Å². The predicted octanol–water partition coefficient (Wildman–Crippen LogP) is 0.812. The third-order valence-corrected chi connectivity index (χ3v) is 3.44. The standard InChI is InChI=1S/C12H22N2O2/c1-9-8-10(5-6-13-9)14-12(15)11-4-2-3-7-16-11/h9-11,13H,2-8H2,1H3,(H,14,15). The summed E-state index contributed by atoms with van der Waals surface area (Å²) in [5.41, 5.74) is 0. The summed E-state index contributed by atoms with van der Waals surface area (Å²) in [5.74, 6) is 0.0961. The smallest absolute Gasteiger partial charge is 0.249 e. The number of amides is 1. The zero-order valence-electron chi connectivity index (χ0n) is 10.00. The second-order valence-corrected chi connectivity index (χ2v) is 4.94. The Labute approximate surface area is 97.1 Å². The molecule has 16 heavy (non-hydrogen) atoms. The lowest BCUT2D eigenvalue weighted by Crippen LogP contribution is -2.49. The molecule has 0 aromatic heterocycles. The highest BCUT2D eigenvalue weighted by Gasteiger charge is 2.26. The van der Waals surface area contributed by atoms with Gasteiger partial charge < -0.3 is 15.4 Å². The summed E-state index contributed by atoms with van der Waals surface area (Å²) in [6.07, 6.45) is 4.95. The van der Waals surface area contributed by atoms with Crippen molar-refractivity contribution in [1.29, 1.82) is 0 Å². The van der Waals surface area contributed by atoms with Crippen molar-refractivity contribution in [3.05, 3.63) is 0 Å². The minimum Gasteiger partial charge on any atom is -0.368 e. The third-order valence-electron chi connectivity index (χ3n) is 3.44. The van der Waals surface area contributed by atoms with Crippen molar-refractivity contribution in [2.75, 3.05) is 13.2 Å². The van der Waals surface area contributed by atoms with E-state index in [1.165, 1.54) is 0 Å². The number of ether oxygens (including phenoxy) is 1. The van der Waals surface area contributed by atoms with Gasteiger partial charge in [-0.3, -0.25) is 4.79 Å². The van der Waals surface area contributed by atoms with E-state index in [1.54, 1.807) is 0 Å². The highest BCUT2D eigenvalue weighted by atomic mass is 16.5. The molecule has 0 bridgehead atoms. The zero-order valence-corrected chi connectivity index (χ0v) is 10.00. The van der Waals surface area contributed by atoms with Crippen LogP contribution in [0.25, 0.3) is 0 Å². The van der Waals surface area contributed by atoms with Gasteiger partial charge in [0, 0.05) is 18.7 Å². The molecular weight excluding hydrogens is 204 g/mol. The molecule has 2 aliphatic rings. The number of carbonyl (C=O) groups is 1. The van der Waals surface area contributed by atoms with E-state index in [2.05, 4.69) is 17.6 Å². The van der Waals surface area contributed by atoms with Gasteiger partial charge in [0.05, 0.1) is 0 Å². The summed E-state index contributed by atoms with van der Waals surface area (Å²) in [4.78, 5) is 11.9. The second kappa shape index (κ2) is 5.64. The van der Waals surface area contributed by atoms with Crippen LogP contribution in [0.15, 0.2) is 0 Å². The molecule has 2 aliphatic heterocycles. The van der Waals surface area contributed by atoms with E-state index in [-0.39, 0.29) is 12.0 Å². The quantitative estimate of drug-likeness (QED) is 0.732. The molecule has 0 spiro atoms. The van der Waals surface area contributed by atoms with Gasteiger partial charge in [0.2, 0.25) is 5.91 Å². The van der Waals surface area contributed by atoms with Gasteiger partial charge in [-0.2, -0.15) is 0 Å². The van der Waals surface area contributed by atoms with Gasteiger partial charge in [0.15, 0.2) is 0 Å². The Balaban J connectivity index is 1.77. The number of hydrogen-bond donors (Lipinski definition) is 2. The van der Waals surface area contributed by atoms with Gasteiger partial charge in [0.1, 0.15) is 6.10 Å². The number of rotatable bonds is 2. The zero-order chi connectivity index (χ0) is 11.4. The van der Waals surface area contributed by atoms with Gasteiger partial charge in [0.25, 0.3) is 0 Å². The Bertz CT molecular complexity index is 239. The molecule has 0 radical (unpaired) electrons. The van der Waals surface area contributed by atoms with Crippen LogP contribution in [0.3, 0.4) is 0 Å². The van der Waals surface area contributed by atoms with Gasteiger partial charge in [-0.1, -0.05) is 0 Å². The molecule has 2 N–H and O–H groups in total. The summed E-state index contributed by atoms with van der Waals surface area (Å²) >= 11 is 0. The Morgan fingerprint density at radius 3 is 2.94 bits per heavy atom. The molecule has 2 fully saturated rings. The van der Waals surface area contributed by atoms with Crippen LogP contribution in [0.1, 0.15) is 39.0 Å². The molecule has 3 unspecified atom stereocenters. The SMILES string of the molecule is CC1CC(NC(=O)C2CCCCO2)CCN1. The normalized spacial score (nSPS) is 35.7. The summed E-state index contributed by atoms with van der Waals surface area (Å²) in [5, 5.41) is 6.50. The molecule has 0 aliphatic carbocycles. The fourth-order valence-corrected chi connectivity index (χ4v) is 2.50. The Morgan fingerprint density at radius 1 is 1.38 bits per heavy atom. The number of nitrogens with one attached hydrogen (secondary N) is 2. The van der Waals surface area contributed by atoms with Crippen LogP contribution in [0.4, 0.5) is 0 Å². The Morgan fingerprint density at radius 2 is 2.25 bits per heavy atom. The largest absolute Gasteiger partial charge is 0.368 e. The van der Waals surface area contributed by atoms with Crippen LogP contribution >= 0.6 is 0 Å². The van der Waals surface area contributed by atoms with Gasteiger partial charge in [-0.25, -0.2) is 0 Å². The number of piperidine rings is 1. The summed E-state index contributed by atoms with van der Waals surface area (Å²) in [6, 6.07) is 0.834. The van der Waals surface area contributed by atoms with Gasteiger partial charge in [-0.05, 0) is 45.6 Å². The topological polar surface area (TPSA) is 50.4 Å². The van der Waals surface area contributed by atoms with Crippen LogP contribution in [0.2, 0.25) is 0 Å². The minimum absolute atomic E-state index is 0.0961. The maximum atomic E-state index is 11.9. The third kappa shape index (κ3) is 3.19. The van der Waals surface area contributed by atoms with Crippen molar-refractivity contribution >= 4 is 5.91 Å². The summed E-state index contributed by atoms with van der Waals surface area (Å²) in [7, 11) is 0. The van der Waals surface area contributed by atoms with E-state index in [9.17, 15) is 4.79 Å². The Kier molecular flexibility index (Phi) is 4.18. The molecule has 2 rings (SSSR count). The molecule has 4 nitrogen and oxygen atoms in total. The molecule has 0 aromatic rings. The molecule has 0 saturated carbocycles. The highest BCUT2D eigenvalue weighted by molar-refractivity contribution is 5.81. The molecule has 1 amide bonds. The maximum absolute atomic E-state index is 11.9. The van der Waals surface area contributed by atoms with Crippen molar-refractivity contribution in [2.24, 2.45) is 0 Å². The lowest BCUT2D eigenvalue weighted by atomic mass is 10.00. The molecule has 2 saturated heterocycles. The maximum Gasteiger partial charge on any atom is 0.249 e. The van der Waals surface area contributed by atoms with Gasteiger partial charge >= 0.3 is 0 Å². The number of hydrogen-bond acceptors (Lipinski definition) is 3.